The lowest BCUT2D eigenvalue weighted by Gasteiger charge is -2.52. The SMILES string of the molecule is CSc1cnc2nc(NC3=CC[C@@]4(CN5CCC4CC5)N3)sc2n1. The third kappa shape index (κ3) is 2.39. The lowest BCUT2D eigenvalue weighted by Crippen LogP contribution is -2.64. The van der Waals surface area contributed by atoms with E-state index in [9.17, 15) is 0 Å². The predicted octanol–water partition coefficient (Wildman–Crippen LogP) is 2.52. The molecule has 1 atom stereocenters. The molecule has 0 aliphatic carbocycles. The third-order valence-electron chi connectivity index (χ3n) is 5.48. The molecule has 2 bridgehead atoms. The van der Waals surface area contributed by atoms with Crippen molar-refractivity contribution in [3.8, 4) is 0 Å². The van der Waals surface area contributed by atoms with E-state index in [1.54, 1.807) is 29.3 Å². The Balaban J connectivity index is 1.34. The van der Waals surface area contributed by atoms with E-state index < -0.39 is 0 Å². The Hall–Kier alpha value is -1.38. The van der Waals surface area contributed by atoms with Gasteiger partial charge < -0.3 is 15.5 Å². The van der Waals surface area contributed by atoms with Crippen LogP contribution in [-0.2, 0) is 0 Å². The van der Waals surface area contributed by atoms with Gasteiger partial charge in [0.2, 0.25) is 0 Å². The summed E-state index contributed by atoms with van der Waals surface area (Å²) in [5.41, 5.74) is 0.953. The first kappa shape index (κ1) is 14.9. The van der Waals surface area contributed by atoms with Crippen LogP contribution in [-0.4, -0.2) is 51.3 Å². The first-order valence-electron chi connectivity index (χ1n) is 8.39. The van der Waals surface area contributed by atoms with Gasteiger partial charge in [-0.1, -0.05) is 11.3 Å². The highest BCUT2D eigenvalue weighted by molar-refractivity contribution is 7.98. The third-order valence-corrected chi connectivity index (χ3v) is 6.95. The van der Waals surface area contributed by atoms with Gasteiger partial charge in [-0.2, -0.15) is 4.98 Å². The van der Waals surface area contributed by atoms with Crippen molar-refractivity contribution in [1.29, 1.82) is 0 Å². The summed E-state index contributed by atoms with van der Waals surface area (Å²) < 4.78 is 0. The fourth-order valence-electron chi connectivity index (χ4n) is 4.25. The summed E-state index contributed by atoms with van der Waals surface area (Å²) in [5, 5.41) is 9.03. The molecule has 24 heavy (non-hydrogen) atoms. The molecule has 4 aliphatic rings. The highest BCUT2D eigenvalue weighted by Crippen LogP contribution is 2.41. The van der Waals surface area contributed by atoms with Crippen molar-refractivity contribution >= 4 is 38.7 Å². The van der Waals surface area contributed by atoms with Crippen LogP contribution in [0.5, 0.6) is 0 Å². The average Bonchev–Trinajstić information content (AvgIpc) is 3.19. The van der Waals surface area contributed by atoms with Gasteiger partial charge in [0.25, 0.3) is 0 Å². The monoisotopic (exact) mass is 360 g/mol. The van der Waals surface area contributed by atoms with Crippen LogP contribution in [0, 0.1) is 5.92 Å². The molecule has 6 heterocycles. The second kappa shape index (κ2) is 5.57. The smallest absolute Gasteiger partial charge is 0.192 e. The largest absolute Gasteiger partial charge is 0.365 e. The van der Waals surface area contributed by atoms with E-state index in [1.165, 1.54) is 32.5 Å². The van der Waals surface area contributed by atoms with Crippen LogP contribution in [0.3, 0.4) is 0 Å². The Labute approximate surface area is 149 Å². The Morgan fingerprint density at radius 2 is 2.25 bits per heavy atom. The van der Waals surface area contributed by atoms with E-state index in [1.807, 2.05) is 6.26 Å². The number of piperidine rings is 3. The van der Waals surface area contributed by atoms with Crippen LogP contribution >= 0.6 is 23.1 Å². The number of fused-ring (bicyclic) bond motifs is 3. The molecule has 3 fully saturated rings. The summed E-state index contributed by atoms with van der Waals surface area (Å²) in [6, 6.07) is 0. The molecule has 0 saturated carbocycles. The lowest BCUT2D eigenvalue weighted by molar-refractivity contribution is 0.0189. The van der Waals surface area contributed by atoms with Crippen LogP contribution in [0.1, 0.15) is 19.3 Å². The zero-order valence-electron chi connectivity index (χ0n) is 13.6. The quantitative estimate of drug-likeness (QED) is 0.815. The van der Waals surface area contributed by atoms with Crippen molar-refractivity contribution in [2.75, 3.05) is 31.2 Å². The highest BCUT2D eigenvalue weighted by atomic mass is 32.2. The standard InChI is InChI=1S/C16H20N6S2/c1-23-12-8-17-13-14(19-12)24-15(20-13)18-11-2-5-16(21-11)9-22-6-3-10(16)4-7-22/h2,8,10,21H,3-7,9H2,1H3,(H,17,18,20)/t16-/m0/s1. The van der Waals surface area contributed by atoms with Crippen molar-refractivity contribution in [2.24, 2.45) is 5.92 Å². The van der Waals surface area contributed by atoms with Crippen molar-refractivity contribution in [3.63, 3.8) is 0 Å². The van der Waals surface area contributed by atoms with Gasteiger partial charge in [0.15, 0.2) is 15.6 Å². The molecule has 6 rings (SSSR count). The van der Waals surface area contributed by atoms with E-state index in [0.29, 0.717) is 0 Å². The number of hydrogen-bond acceptors (Lipinski definition) is 8. The number of thioether (sulfide) groups is 1. The van der Waals surface area contributed by atoms with Gasteiger partial charge in [-0.05, 0) is 50.6 Å². The number of thiazole rings is 1. The van der Waals surface area contributed by atoms with E-state index in [-0.39, 0.29) is 5.54 Å². The molecule has 0 aromatic carbocycles. The number of rotatable bonds is 3. The fraction of sp³-hybridized carbons (Fsp3) is 0.562. The van der Waals surface area contributed by atoms with Crippen molar-refractivity contribution in [3.05, 3.63) is 18.1 Å². The molecule has 6 nitrogen and oxygen atoms in total. The van der Waals surface area contributed by atoms with Gasteiger partial charge in [-0.25, -0.2) is 9.97 Å². The molecule has 0 unspecified atom stereocenters. The molecular formula is C16H20N6S2. The molecule has 3 saturated heterocycles. The number of nitrogens with one attached hydrogen (secondary N) is 2. The molecule has 126 valence electrons. The van der Waals surface area contributed by atoms with E-state index in [0.717, 1.165) is 38.8 Å². The molecule has 0 radical (unpaired) electrons. The van der Waals surface area contributed by atoms with Crippen LogP contribution in [0.15, 0.2) is 23.1 Å². The Morgan fingerprint density at radius 1 is 1.38 bits per heavy atom. The van der Waals surface area contributed by atoms with Crippen LogP contribution < -0.4 is 10.6 Å². The molecular weight excluding hydrogens is 340 g/mol. The van der Waals surface area contributed by atoms with Gasteiger partial charge in [0.1, 0.15) is 10.8 Å². The second-order valence-corrected chi connectivity index (χ2v) is 8.64. The second-order valence-electron chi connectivity index (χ2n) is 6.84. The minimum Gasteiger partial charge on any atom is -0.365 e. The first-order chi connectivity index (χ1) is 11.7. The maximum atomic E-state index is 4.57. The number of aromatic nitrogens is 3. The van der Waals surface area contributed by atoms with Crippen molar-refractivity contribution in [1.82, 2.24) is 25.2 Å². The topological polar surface area (TPSA) is 66.0 Å². The first-order valence-corrected chi connectivity index (χ1v) is 10.4. The molecule has 4 aliphatic heterocycles. The summed E-state index contributed by atoms with van der Waals surface area (Å²) in [6.45, 7) is 3.70. The number of hydrogen-bond donors (Lipinski definition) is 2. The highest BCUT2D eigenvalue weighted by Gasteiger charge is 2.48. The van der Waals surface area contributed by atoms with E-state index >= 15 is 0 Å². The Morgan fingerprint density at radius 3 is 3.00 bits per heavy atom. The number of anilines is 1. The fourth-order valence-corrected chi connectivity index (χ4v) is 5.46. The Kier molecular flexibility index (Phi) is 3.46. The normalized spacial score (nSPS) is 31.5. The van der Waals surface area contributed by atoms with Crippen LogP contribution in [0.2, 0.25) is 0 Å². The molecule has 8 heteroatoms. The van der Waals surface area contributed by atoms with Gasteiger partial charge >= 0.3 is 0 Å². The summed E-state index contributed by atoms with van der Waals surface area (Å²) in [7, 11) is 0. The van der Waals surface area contributed by atoms with E-state index in [2.05, 4.69) is 36.6 Å². The number of nitrogens with zero attached hydrogens (tertiary/aromatic N) is 4. The predicted molar refractivity (Wildman–Crippen MR) is 98.3 cm³/mol. The molecule has 2 aromatic rings. The lowest BCUT2D eigenvalue weighted by atomic mass is 9.72. The van der Waals surface area contributed by atoms with Gasteiger partial charge in [0, 0.05) is 6.54 Å². The maximum Gasteiger partial charge on any atom is 0.192 e. The van der Waals surface area contributed by atoms with Gasteiger partial charge in [0.05, 0.1) is 11.7 Å². The van der Waals surface area contributed by atoms with Crippen LogP contribution in [0.4, 0.5) is 5.13 Å². The maximum absolute atomic E-state index is 4.57. The van der Waals surface area contributed by atoms with Crippen LogP contribution in [0.25, 0.3) is 10.5 Å². The van der Waals surface area contributed by atoms with Crippen molar-refractivity contribution in [2.45, 2.75) is 29.8 Å². The minimum absolute atomic E-state index is 0.234. The zero-order chi connectivity index (χ0) is 16.1. The summed E-state index contributed by atoms with van der Waals surface area (Å²) >= 11 is 3.17. The minimum atomic E-state index is 0.234. The molecule has 0 amide bonds. The summed E-state index contributed by atoms with van der Waals surface area (Å²) in [6.07, 6.45) is 9.83. The van der Waals surface area contributed by atoms with E-state index in [4.69, 9.17) is 0 Å². The zero-order valence-corrected chi connectivity index (χ0v) is 15.2. The summed E-state index contributed by atoms with van der Waals surface area (Å²) in [5.74, 6) is 1.88. The molecule has 2 N–H and O–H groups in total. The Bertz CT molecular complexity index is 810. The molecule has 1 spiro atoms. The van der Waals surface area contributed by atoms with Crippen molar-refractivity contribution < 1.29 is 0 Å². The summed E-state index contributed by atoms with van der Waals surface area (Å²) in [4.78, 5) is 17.0. The van der Waals surface area contributed by atoms with Gasteiger partial charge in [-0.15, -0.1) is 11.8 Å². The average molecular weight is 361 g/mol. The van der Waals surface area contributed by atoms with Gasteiger partial charge in [-0.3, -0.25) is 0 Å². The molecule has 2 aromatic heterocycles.